The minimum absolute atomic E-state index is 0.0652. The molecule has 1 fully saturated rings. The summed E-state index contributed by atoms with van der Waals surface area (Å²) in [6.07, 6.45) is 1.54. The first-order valence-electron chi connectivity index (χ1n) is 9.37. The van der Waals surface area contributed by atoms with Gasteiger partial charge in [-0.05, 0) is 60.7 Å². The van der Waals surface area contributed by atoms with Gasteiger partial charge in [0.05, 0.1) is 5.56 Å². The molecule has 148 valence electrons. The van der Waals surface area contributed by atoms with Gasteiger partial charge in [-0.25, -0.2) is 13.8 Å². The monoisotopic (exact) mass is 394 g/mol. The van der Waals surface area contributed by atoms with Crippen LogP contribution in [0.15, 0.2) is 66.9 Å². The number of amides is 1. The molecule has 3 aromatic rings. The molecule has 0 atom stereocenters. The molecular weight excluding hydrogens is 374 g/mol. The predicted molar refractivity (Wildman–Crippen MR) is 108 cm³/mol. The molecule has 7 heteroatoms. The fourth-order valence-electron chi connectivity index (χ4n) is 3.28. The molecule has 0 radical (unpaired) electrons. The number of anilines is 3. The number of aromatic nitrogens is 1. The van der Waals surface area contributed by atoms with Gasteiger partial charge >= 0.3 is 0 Å². The summed E-state index contributed by atoms with van der Waals surface area (Å²) < 4.78 is 26.1. The van der Waals surface area contributed by atoms with Gasteiger partial charge < -0.3 is 15.1 Å². The second kappa shape index (κ2) is 8.26. The average Bonchev–Trinajstić information content (AvgIpc) is 2.76. The zero-order valence-corrected chi connectivity index (χ0v) is 15.7. The first-order valence-corrected chi connectivity index (χ1v) is 9.37. The predicted octanol–water partition coefficient (Wildman–Crippen LogP) is 4.07. The van der Waals surface area contributed by atoms with Crippen LogP contribution in [0.25, 0.3) is 0 Å². The maximum Gasteiger partial charge on any atom is 0.255 e. The molecule has 1 aliphatic heterocycles. The van der Waals surface area contributed by atoms with Crippen LogP contribution in [-0.4, -0.2) is 42.0 Å². The van der Waals surface area contributed by atoms with E-state index in [4.69, 9.17) is 0 Å². The summed E-state index contributed by atoms with van der Waals surface area (Å²) in [6, 6.07) is 15.8. The molecule has 0 unspecified atom stereocenters. The lowest BCUT2D eigenvalue weighted by Crippen LogP contribution is -2.48. The molecule has 5 nitrogen and oxygen atoms in total. The molecule has 0 spiro atoms. The minimum atomic E-state index is -0.302. The molecule has 1 amide bonds. The van der Waals surface area contributed by atoms with Crippen LogP contribution in [0.3, 0.4) is 0 Å². The second-order valence-electron chi connectivity index (χ2n) is 6.82. The Morgan fingerprint density at radius 1 is 0.828 bits per heavy atom. The van der Waals surface area contributed by atoms with Gasteiger partial charge in [0.15, 0.2) is 0 Å². The van der Waals surface area contributed by atoms with E-state index in [1.807, 2.05) is 0 Å². The van der Waals surface area contributed by atoms with E-state index in [2.05, 4.69) is 15.2 Å². The number of piperazine rings is 1. The molecule has 0 saturated carbocycles. The number of halogens is 2. The fraction of sp³-hybridized carbons (Fsp3) is 0.182. The molecule has 29 heavy (non-hydrogen) atoms. The van der Waals surface area contributed by atoms with Crippen molar-refractivity contribution in [1.29, 1.82) is 0 Å². The van der Waals surface area contributed by atoms with Crippen LogP contribution in [0.1, 0.15) is 10.4 Å². The normalized spacial score (nSPS) is 14.0. The highest BCUT2D eigenvalue weighted by Gasteiger charge is 2.22. The van der Waals surface area contributed by atoms with Crippen molar-refractivity contribution in [2.24, 2.45) is 0 Å². The number of hydrogen-bond donors (Lipinski definition) is 1. The quantitative estimate of drug-likeness (QED) is 0.725. The second-order valence-corrected chi connectivity index (χ2v) is 6.82. The van der Waals surface area contributed by atoms with Crippen LogP contribution in [0.5, 0.6) is 0 Å². The van der Waals surface area contributed by atoms with E-state index in [1.165, 1.54) is 24.3 Å². The number of benzene rings is 2. The highest BCUT2D eigenvalue weighted by atomic mass is 19.1. The Labute approximate surface area is 167 Å². The molecule has 1 saturated heterocycles. The van der Waals surface area contributed by atoms with Crippen molar-refractivity contribution in [3.05, 3.63) is 84.1 Å². The summed E-state index contributed by atoms with van der Waals surface area (Å²) in [4.78, 5) is 21.0. The summed E-state index contributed by atoms with van der Waals surface area (Å²) in [6.45, 7) is 2.56. The summed E-state index contributed by atoms with van der Waals surface area (Å²) in [5, 5.41) is 3.07. The van der Waals surface area contributed by atoms with Gasteiger partial charge in [-0.15, -0.1) is 0 Å². The Kier molecular flexibility index (Phi) is 5.37. The number of pyridine rings is 1. The molecule has 1 N–H and O–H groups in total. The summed E-state index contributed by atoms with van der Waals surface area (Å²) in [5.74, 6) is -0.0460. The summed E-state index contributed by atoms with van der Waals surface area (Å²) in [7, 11) is 0. The molecule has 2 heterocycles. The Balaban J connectivity index is 1.35. The Bertz CT molecular complexity index is 967. The van der Waals surface area contributed by atoms with Crippen molar-refractivity contribution in [2.45, 2.75) is 0 Å². The molecular formula is C22H20F2N4O. The van der Waals surface area contributed by atoms with Gasteiger partial charge in [0.1, 0.15) is 17.5 Å². The van der Waals surface area contributed by atoms with Crippen LogP contribution in [0.2, 0.25) is 0 Å². The average molecular weight is 394 g/mol. The molecule has 4 rings (SSSR count). The summed E-state index contributed by atoms with van der Waals surface area (Å²) >= 11 is 0. The van der Waals surface area contributed by atoms with Gasteiger partial charge in [0.2, 0.25) is 0 Å². The summed E-state index contributed by atoms with van der Waals surface area (Å²) in [5.41, 5.74) is 2.19. The van der Waals surface area contributed by atoms with E-state index < -0.39 is 0 Å². The van der Waals surface area contributed by atoms with E-state index in [9.17, 15) is 13.6 Å². The van der Waals surface area contributed by atoms with Crippen molar-refractivity contribution in [1.82, 2.24) is 9.88 Å². The van der Waals surface area contributed by atoms with E-state index in [0.29, 0.717) is 37.6 Å². The van der Waals surface area contributed by atoms with Gasteiger partial charge in [0.25, 0.3) is 5.91 Å². The minimum Gasteiger partial charge on any atom is -0.368 e. The third-order valence-electron chi connectivity index (χ3n) is 4.89. The smallest absolute Gasteiger partial charge is 0.255 e. The Morgan fingerprint density at radius 2 is 1.45 bits per heavy atom. The van der Waals surface area contributed by atoms with Crippen molar-refractivity contribution >= 4 is 23.1 Å². The Hall–Kier alpha value is -3.48. The maximum absolute atomic E-state index is 13.1. The fourth-order valence-corrected chi connectivity index (χ4v) is 3.28. The molecule has 2 aromatic carbocycles. The third kappa shape index (κ3) is 4.51. The number of rotatable bonds is 4. The zero-order chi connectivity index (χ0) is 20.2. The highest BCUT2D eigenvalue weighted by Crippen LogP contribution is 2.19. The first kappa shape index (κ1) is 18.9. The highest BCUT2D eigenvalue weighted by molar-refractivity contribution is 5.94. The molecule has 1 aromatic heterocycles. The van der Waals surface area contributed by atoms with E-state index >= 15 is 0 Å². The SMILES string of the molecule is O=C(c1ccc(Nc2ccc(F)cc2)nc1)N1CCN(c2ccc(F)cc2)CC1. The largest absolute Gasteiger partial charge is 0.368 e. The van der Waals surface area contributed by atoms with Gasteiger partial charge in [-0.3, -0.25) is 4.79 Å². The van der Waals surface area contributed by atoms with E-state index in [0.717, 1.165) is 11.4 Å². The van der Waals surface area contributed by atoms with Crippen LogP contribution >= 0.6 is 0 Å². The van der Waals surface area contributed by atoms with Crippen molar-refractivity contribution in [3.63, 3.8) is 0 Å². The Morgan fingerprint density at radius 3 is 2.03 bits per heavy atom. The van der Waals surface area contributed by atoms with E-state index in [-0.39, 0.29) is 17.5 Å². The maximum atomic E-state index is 13.1. The number of nitrogens with zero attached hydrogens (tertiary/aromatic N) is 3. The number of nitrogens with one attached hydrogen (secondary N) is 1. The van der Waals surface area contributed by atoms with Crippen molar-refractivity contribution in [2.75, 3.05) is 36.4 Å². The molecule has 1 aliphatic rings. The molecule has 0 aliphatic carbocycles. The number of carbonyl (C=O) groups excluding carboxylic acids is 1. The van der Waals surface area contributed by atoms with E-state index in [1.54, 1.807) is 47.5 Å². The zero-order valence-electron chi connectivity index (χ0n) is 15.7. The van der Waals surface area contributed by atoms with Gasteiger partial charge in [-0.1, -0.05) is 0 Å². The number of carbonyl (C=O) groups is 1. The number of hydrogen-bond acceptors (Lipinski definition) is 4. The third-order valence-corrected chi connectivity index (χ3v) is 4.89. The topological polar surface area (TPSA) is 48.5 Å². The van der Waals surface area contributed by atoms with Gasteiger partial charge in [-0.2, -0.15) is 0 Å². The first-order chi connectivity index (χ1) is 14.1. The molecule has 0 bridgehead atoms. The standard InChI is InChI=1S/C22H20F2N4O/c23-17-2-6-19(7-3-17)26-21-10-1-16(15-25-21)22(29)28-13-11-27(12-14-28)20-8-4-18(24)5-9-20/h1-10,15H,11-14H2,(H,25,26). The van der Waals surface area contributed by atoms with Crippen LogP contribution < -0.4 is 10.2 Å². The van der Waals surface area contributed by atoms with Crippen LogP contribution in [0, 0.1) is 11.6 Å². The van der Waals surface area contributed by atoms with Gasteiger partial charge in [0, 0.05) is 43.8 Å². The lowest BCUT2D eigenvalue weighted by Gasteiger charge is -2.36. The lowest BCUT2D eigenvalue weighted by atomic mass is 10.2. The van der Waals surface area contributed by atoms with Crippen LogP contribution in [0.4, 0.5) is 26.0 Å². The lowest BCUT2D eigenvalue weighted by molar-refractivity contribution is 0.0746. The van der Waals surface area contributed by atoms with Crippen LogP contribution in [-0.2, 0) is 0 Å². The van der Waals surface area contributed by atoms with Crippen molar-refractivity contribution < 1.29 is 13.6 Å². The van der Waals surface area contributed by atoms with Crippen molar-refractivity contribution in [3.8, 4) is 0 Å².